The minimum absolute atomic E-state index is 0.0117. The Hall–Kier alpha value is -1.16. The lowest BCUT2D eigenvalue weighted by atomic mass is 10.2. The van der Waals surface area contributed by atoms with Crippen LogP contribution in [0.25, 0.3) is 0 Å². The minimum Gasteiger partial charge on any atom is -0.488 e. The van der Waals surface area contributed by atoms with Gasteiger partial charge in [0, 0.05) is 5.56 Å². The molecule has 1 aromatic rings. The summed E-state index contributed by atoms with van der Waals surface area (Å²) in [7, 11) is -5.31. The third kappa shape index (κ3) is 3.11. The molecule has 7 nitrogen and oxygen atoms in total. The number of hydrogen-bond acceptors (Lipinski definition) is 6. The van der Waals surface area contributed by atoms with E-state index >= 15 is 0 Å². The number of sulfonamides is 1. The lowest BCUT2D eigenvalue weighted by Gasteiger charge is -2.27. The van der Waals surface area contributed by atoms with Gasteiger partial charge in [-0.15, -0.1) is 0 Å². The van der Waals surface area contributed by atoms with Crippen LogP contribution in [-0.4, -0.2) is 46.6 Å². The molecule has 1 saturated heterocycles. The molecule has 0 amide bonds. The topological polar surface area (TPSA) is 110 Å². The Kier molecular flexibility index (Phi) is 4.05. The SMILES string of the molecule is CNS(=O)(=O)c1ccc(OC2CS(=O)(=O)C2)c(CO)c1. The van der Waals surface area contributed by atoms with E-state index in [4.69, 9.17) is 4.74 Å². The van der Waals surface area contributed by atoms with Crippen LogP contribution >= 0.6 is 0 Å². The Bertz CT molecular complexity index is 698. The van der Waals surface area contributed by atoms with Crippen LogP contribution in [0, 0.1) is 0 Å². The van der Waals surface area contributed by atoms with Crippen LogP contribution in [0.15, 0.2) is 23.1 Å². The molecule has 0 unspecified atom stereocenters. The first kappa shape index (κ1) is 15.2. The Morgan fingerprint density at radius 2 is 2.05 bits per heavy atom. The molecule has 2 rings (SSSR count). The molecular weight excluding hydrogens is 306 g/mol. The Morgan fingerprint density at radius 1 is 1.40 bits per heavy atom. The molecule has 20 heavy (non-hydrogen) atoms. The van der Waals surface area contributed by atoms with E-state index in [-0.39, 0.29) is 16.4 Å². The number of ether oxygens (including phenoxy) is 1. The van der Waals surface area contributed by atoms with E-state index in [9.17, 15) is 21.9 Å². The highest BCUT2D eigenvalue weighted by Gasteiger charge is 2.35. The van der Waals surface area contributed by atoms with Gasteiger partial charge in [0.1, 0.15) is 11.9 Å². The van der Waals surface area contributed by atoms with Gasteiger partial charge >= 0.3 is 0 Å². The predicted molar refractivity (Wildman–Crippen MR) is 71.7 cm³/mol. The van der Waals surface area contributed by atoms with Crippen LogP contribution in [-0.2, 0) is 26.5 Å². The molecule has 1 aliphatic rings. The van der Waals surface area contributed by atoms with Gasteiger partial charge < -0.3 is 9.84 Å². The third-order valence-corrected chi connectivity index (χ3v) is 6.13. The van der Waals surface area contributed by atoms with E-state index < -0.39 is 32.6 Å². The molecule has 2 N–H and O–H groups in total. The van der Waals surface area contributed by atoms with E-state index in [1.54, 1.807) is 0 Å². The van der Waals surface area contributed by atoms with Crippen LogP contribution in [0.3, 0.4) is 0 Å². The molecular formula is C11H15NO6S2. The molecule has 112 valence electrons. The average Bonchev–Trinajstić information content (AvgIpc) is 2.36. The number of benzene rings is 1. The second kappa shape index (κ2) is 5.32. The number of rotatable bonds is 5. The Morgan fingerprint density at radius 3 is 2.55 bits per heavy atom. The van der Waals surface area contributed by atoms with Crippen molar-refractivity contribution in [3.05, 3.63) is 23.8 Å². The second-order valence-corrected chi connectivity index (χ2v) is 8.49. The van der Waals surface area contributed by atoms with Crippen molar-refractivity contribution in [2.75, 3.05) is 18.6 Å². The molecule has 0 saturated carbocycles. The van der Waals surface area contributed by atoms with Gasteiger partial charge in [0.2, 0.25) is 10.0 Å². The summed E-state index contributed by atoms with van der Waals surface area (Å²) in [5, 5.41) is 9.27. The third-order valence-electron chi connectivity index (χ3n) is 2.95. The molecule has 1 heterocycles. The van der Waals surface area contributed by atoms with Crippen molar-refractivity contribution in [1.82, 2.24) is 4.72 Å². The number of sulfone groups is 1. The van der Waals surface area contributed by atoms with Gasteiger partial charge in [0.25, 0.3) is 0 Å². The van der Waals surface area contributed by atoms with Crippen LogP contribution in [0.2, 0.25) is 0 Å². The summed E-state index contributed by atoms with van der Waals surface area (Å²) in [6.45, 7) is -0.401. The first-order chi connectivity index (χ1) is 9.27. The van der Waals surface area contributed by atoms with Gasteiger partial charge in [0.05, 0.1) is 23.0 Å². The molecule has 1 aromatic carbocycles. The maximum atomic E-state index is 11.6. The van der Waals surface area contributed by atoms with E-state index in [0.717, 1.165) is 0 Å². The molecule has 1 aliphatic heterocycles. The van der Waals surface area contributed by atoms with Gasteiger partial charge in [0.15, 0.2) is 9.84 Å². The van der Waals surface area contributed by atoms with Crippen LogP contribution < -0.4 is 9.46 Å². The van der Waals surface area contributed by atoms with Crippen LogP contribution in [0.5, 0.6) is 5.75 Å². The maximum absolute atomic E-state index is 11.6. The molecule has 9 heteroatoms. The maximum Gasteiger partial charge on any atom is 0.240 e. The van der Waals surface area contributed by atoms with Crippen molar-refractivity contribution in [1.29, 1.82) is 0 Å². The normalized spacial score (nSPS) is 18.5. The highest BCUT2D eigenvalue weighted by Crippen LogP contribution is 2.26. The highest BCUT2D eigenvalue weighted by molar-refractivity contribution is 7.92. The van der Waals surface area contributed by atoms with Crippen molar-refractivity contribution >= 4 is 19.9 Å². The fourth-order valence-electron chi connectivity index (χ4n) is 1.84. The highest BCUT2D eigenvalue weighted by atomic mass is 32.2. The molecule has 0 spiro atoms. The number of aliphatic hydroxyl groups is 1. The molecule has 0 aromatic heterocycles. The Labute approximate surface area is 117 Å². The van der Waals surface area contributed by atoms with Gasteiger partial charge in [-0.2, -0.15) is 0 Å². The van der Waals surface area contributed by atoms with E-state index in [1.165, 1.54) is 25.2 Å². The number of aliphatic hydroxyl groups excluding tert-OH is 1. The number of nitrogens with one attached hydrogen (secondary N) is 1. The summed E-state index contributed by atoms with van der Waals surface area (Å²) in [5.74, 6) is 0.172. The van der Waals surface area contributed by atoms with E-state index in [0.29, 0.717) is 11.3 Å². The summed E-state index contributed by atoms with van der Waals surface area (Å²) in [4.78, 5) is 0.0117. The summed E-state index contributed by atoms with van der Waals surface area (Å²) >= 11 is 0. The molecule has 0 radical (unpaired) electrons. The van der Waals surface area contributed by atoms with Crippen molar-refractivity contribution in [3.63, 3.8) is 0 Å². The van der Waals surface area contributed by atoms with E-state index in [2.05, 4.69) is 4.72 Å². The first-order valence-corrected chi connectivity index (χ1v) is 9.12. The quantitative estimate of drug-likeness (QED) is 0.739. The zero-order valence-corrected chi connectivity index (χ0v) is 12.4. The zero-order chi connectivity index (χ0) is 15.0. The average molecular weight is 321 g/mol. The van der Waals surface area contributed by atoms with Crippen molar-refractivity contribution in [3.8, 4) is 5.75 Å². The molecule has 1 fully saturated rings. The number of hydrogen-bond donors (Lipinski definition) is 2. The molecule has 0 bridgehead atoms. The summed E-state index contributed by atoms with van der Waals surface area (Å²) in [5.41, 5.74) is 0.297. The van der Waals surface area contributed by atoms with Crippen LogP contribution in [0.4, 0.5) is 0 Å². The van der Waals surface area contributed by atoms with Gasteiger partial charge in [-0.1, -0.05) is 0 Å². The van der Waals surface area contributed by atoms with Crippen molar-refractivity contribution < 1.29 is 26.7 Å². The first-order valence-electron chi connectivity index (χ1n) is 5.82. The smallest absolute Gasteiger partial charge is 0.240 e. The standard InChI is InChI=1S/C11H15NO6S2/c1-12-20(16,17)10-2-3-11(8(4-10)5-13)18-9-6-19(14,15)7-9/h2-4,9,12-13H,5-7H2,1H3. The van der Waals surface area contributed by atoms with Crippen molar-refractivity contribution in [2.45, 2.75) is 17.6 Å². The largest absolute Gasteiger partial charge is 0.488 e. The fraction of sp³-hybridized carbons (Fsp3) is 0.455. The lowest BCUT2D eigenvalue weighted by molar-refractivity contribution is 0.216. The Balaban J connectivity index is 2.23. The van der Waals surface area contributed by atoms with Gasteiger partial charge in [-0.05, 0) is 25.2 Å². The molecule has 0 atom stereocenters. The zero-order valence-electron chi connectivity index (χ0n) is 10.7. The van der Waals surface area contributed by atoms with Gasteiger partial charge in [-0.3, -0.25) is 0 Å². The van der Waals surface area contributed by atoms with E-state index in [1.807, 2.05) is 0 Å². The summed E-state index contributed by atoms with van der Waals surface area (Å²) in [6.07, 6.45) is -0.447. The monoisotopic (exact) mass is 321 g/mol. The van der Waals surface area contributed by atoms with Crippen LogP contribution in [0.1, 0.15) is 5.56 Å². The van der Waals surface area contributed by atoms with Crippen molar-refractivity contribution in [2.24, 2.45) is 0 Å². The summed E-state index contributed by atoms with van der Waals surface area (Å²) < 4.78 is 53.0. The summed E-state index contributed by atoms with van der Waals surface area (Å²) in [6, 6.07) is 4.06. The fourth-order valence-corrected chi connectivity index (χ4v) is 3.80. The predicted octanol–water partition coefficient (Wildman–Crippen LogP) is -0.737. The molecule has 0 aliphatic carbocycles. The lowest BCUT2D eigenvalue weighted by Crippen LogP contribution is -2.45. The van der Waals surface area contributed by atoms with Gasteiger partial charge in [-0.25, -0.2) is 21.6 Å². The minimum atomic E-state index is -3.60. The second-order valence-electron chi connectivity index (χ2n) is 4.45.